The average Bonchev–Trinajstić information content (AvgIpc) is 2.24. The van der Waals surface area contributed by atoms with Gasteiger partial charge >= 0.3 is 6.09 Å². The molecular formula is C13H19NO3. The lowest BCUT2D eigenvalue weighted by atomic mass is 10.0. The second-order valence-corrected chi connectivity index (χ2v) is 5.02. The van der Waals surface area contributed by atoms with Gasteiger partial charge < -0.3 is 10.2 Å². The normalized spacial score (nSPS) is 11.3. The molecule has 1 rings (SSSR count). The van der Waals surface area contributed by atoms with E-state index in [0.29, 0.717) is 6.54 Å². The van der Waals surface area contributed by atoms with Gasteiger partial charge in [-0.25, -0.2) is 4.79 Å². The predicted molar refractivity (Wildman–Crippen MR) is 65.7 cm³/mol. The maximum Gasteiger partial charge on any atom is 0.408 e. The fourth-order valence-corrected chi connectivity index (χ4v) is 1.60. The number of hydrogen-bond acceptors (Lipinski definition) is 2. The smallest absolute Gasteiger partial charge is 0.408 e. The van der Waals surface area contributed by atoms with Crippen molar-refractivity contribution in [2.75, 3.05) is 0 Å². The lowest BCUT2D eigenvalue weighted by Crippen LogP contribution is -2.44. The Balaban J connectivity index is 2.90. The Hall–Kier alpha value is -1.55. The number of aliphatic hydroxyl groups excluding tert-OH is 1. The van der Waals surface area contributed by atoms with Crippen molar-refractivity contribution in [1.82, 2.24) is 4.90 Å². The van der Waals surface area contributed by atoms with Crippen LogP contribution in [0, 0.1) is 0 Å². The molecule has 2 N–H and O–H groups in total. The second kappa shape index (κ2) is 5.19. The summed E-state index contributed by atoms with van der Waals surface area (Å²) in [5.41, 5.74) is 1.23. The van der Waals surface area contributed by atoms with Crippen LogP contribution in [-0.4, -0.2) is 26.7 Å². The van der Waals surface area contributed by atoms with Gasteiger partial charge in [0.2, 0.25) is 0 Å². The van der Waals surface area contributed by atoms with Gasteiger partial charge in [-0.15, -0.1) is 0 Å². The van der Waals surface area contributed by atoms with Gasteiger partial charge in [0.1, 0.15) is 0 Å². The number of carboxylic acid groups (broad SMARTS) is 1. The van der Waals surface area contributed by atoms with E-state index in [9.17, 15) is 9.90 Å². The molecule has 0 spiro atoms. The molecule has 0 radical (unpaired) electrons. The Kier molecular flexibility index (Phi) is 4.12. The van der Waals surface area contributed by atoms with Crippen molar-refractivity contribution in [2.24, 2.45) is 0 Å². The van der Waals surface area contributed by atoms with E-state index in [1.54, 1.807) is 0 Å². The van der Waals surface area contributed by atoms with Crippen molar-refractivity contribution in [2.45, 2.75) is 39.5 Å². The van der Waals surface area contributed by atoms with Crippen LogP contribution in [0.2, 0.25) is 0 Å². The highest BCUT2D eigenvalue weighted by Crippen LogP contribution is 2.18. The minimum absolute atomic E-state index is 0.0313. The van der Waals surface area contributed by atoms with Gasteiger partial charge in [0.05, 0.1) is 6.61 Å². The zero-order valence-corrected chi connectivity index (χ0v) is 10.5. The minimum atomic E-state index is -0.938. The summed E-state index contributed by atoms with van der Waals surface area (Å²) in [7, 11) is 0. The number of amides is 1. The lowest BCUT2D eigenvalue weighted by Gasteiger charge is -2.33. The maximum atomic E-state index is 11.2. The molecule has 0 aliphatic rings. The molecule has 0 aliphatic heterocycles. The van der Waals surface area contributed by atoms with Crippen LogP contribution in [-0.2, 0) is 13.2 Å². The third-order valence-electron chi connectivity index (χ3n) is 2.56. The molecule has 0 saturated carbocycles. The molecule has 4 nitrogen and oxygen atoms in total. The van der Waals surface area contributed by atoms with E-state index in [1.165, 1.54) is 4.90 Å². The van der Waals surface area contributed by atoms with E-state index >= 15 is 0 Å². The zero-order valence-electron chi connectivity index (χ0n) is 10.5. The van der Waals surface area contributed by atoms with Crippen LogP contribution in [0.5, 0.6) is 0 Å². The SMILES string of the molecule is CC(C)(C)N(Cc1cccc(CO)c1)C(=O)O. The van der Waals surface area contributed by atoms with E-state index in [1.807, 2.05) is 45.0 Å². The van der Waals surface area contributed by atoms with Gasteiger partial charge in [-0.1, -0.05) is 24.3 Å². The lowest BCUT2D eigenvalue weighted by molar-refractivity contribution is 0.0955. The number of hydrogen-bond donors (Lipinski definition) is 2. The molecule has 0 heterocycles. The summed E-state index contributed by atoms with van der Waals surface area (Å²) in [5, 5.41) is 18.2. The van der Waals surface area contributed by atoms with Gasteiger partial charge in [-0.05, 0) is 31.9 Å². The Bertz CT molecular complexity index is 396. The van der Waals surface area contributed by atoms with Gasteiger partial charge in [0, 0.05) is 12.1 Å². The number of benzene rings is 1. The Labute approximate surface area is 101 Å². The highest BCUT2D eigenvalue weighted by Gasteiger charge is 2.25. The first-order valence-electron chi connectivity index (χ1n) is 5.54. The molecule has 0 atom stereocenters. The first kappa shape index (κ1) is 13.5. The van der Waals surface area contributed by atoms with Crippen molar-refractivity contribution < 1.29 is 15.0 Å². The van der Waals surface area contributed by atoms with Crippen LogP contribution in [0.25, 0.3) is 0 Å². The fourth-order valence-electron chi connectivity index (χ4n) is 1.60. The van der Waals surface area contributed by atoms with Gasteiger partial charge in [-0.2, -0.15) is 0 Å². The van der Waals surface area contributed by atoms with Gasteiger partial charge in [0.15, 0.2) is 0 Å². The molecular weight excluding hydrogens is 218 g/mol. The van der Waals surface area contributed by atoms with Gasteiger partial charge in [0.25, 0.3) is 0 Å². The molecule has 94 valence electrons. The summed E-state index contributed by atoms with van der Waals surface area (Å²) in [6, 6.07) is 7.32. The van der Waals surface area contributed by atoms with Gasteiger partial charge in [-0.3, -0.25) is 4.90 Å². The topological polar surface area (TPSA) is 60.8 Å². The van der Waals surface area contributed by atoms with Crippen LogP contribution >= 0.6 is 0 Å². The standard InChI is InChI=1S/C13H19NO3/c1-13(2,3)14(12(16)17)8-10-5-4-6-11(7-10)9-15/h4-7,15H,8-9H2,1-3H3,(H,16,17). The quantitative estimate of drug-likeness (QED) is 0.849. The van der Waals surface area contributed by atoms with E-state index < -0.39 is 11.6 Å². The van der Waals surface area contributed by atoms with Crippen LogP contribution in [0.3, 0.4) is 0 Å². The van der Waals surface area contributed by atoms with E-state index in [-0.39, 0.29) is 6.61 Å². The largest absolute Gasteiger partial charge is 0.465 e. The highest BCUT2D eigenvalue weighted by atomic mass is 16.4. The molecule has 0 saturated heterocycles. The van der Waals surface area contributed by atoms with Crippen LogP contribution in [0.4, 0.5) is 4.79 Å². The molecule has 4 heteroatoms. The monoisotopic (exact) mass is 237 g/mol. The average molecular weight is 237 g/mol. The molecule has 1 aromatic rings. The molecule has 0 aliphatic carbocycles. The summed E-state index contributed by atoms with van der Waals surface area (Å²) in [4.78, 5) is 12.6. The summed E-state index contributed by atoms with van der Waals surface area (Å²) < 4.78 is 0. The van der Waals surface area contributed by atoms with E-state index in [0.717, 1.165) is 11.1 Å². The van der Waals surface area contributed by atoms with Crippen molar-refractivity contribution in [3.8, 4) is 0 Å². The van der Waals surface area contributed by atoms with Crippen LogP contribution in [0.1, 0.15) is 31.9 Å². The molecule has 1 amide bonds. The first-order chi connectivity index (χ1) is 7.84. The number of rotatable bonds is 3. The zero-order chi connectivity index (χ0) is 13.1. The fraction of sp³-hybridized carbons (Fsp3) is 0.462. The summed E-state index contributed by atoms with van der Waals surface area (Å²) in [6.07, 6.45) is -0.938. The number of aliphatic hydroxyl groups is 1. The third-order valence-corrected chi connectivity index (χ3v) is 2.56. The summed E-state index contributed by atoms with van der Waals surface area (Å²) in [6.45, 7) is 5.87. The molecule has 1 aromatic carbocycles. The van der Waals surface area contributed by atoms with Crippen molar-refractivity contribution in [3.63, 3.8) is 0 Å². The second-order valence-electron chi connectivity index (χ2n) is 5.02. The summed E-state index contributed by atoms with van der Waals surface area (Å²) in [5.74, 6) is 0. The first-order valence-corrected chi connectivity index (χ1v) is 5.54. The maximum absolute atomic E-state index is 11.2. The molecule has 0 fully saturated rings. The summed E-state index contributed by atoms with van der Waals surface area (Å²) >= 11 is 0. The predicted octanol–water partition coefficient (Wildman–Crippen LogP) is 2.46. The van der Waals surface area contributed by atoms with E-state index in [4.69, 9.17) is 5.11 Å². The van der Waals surface area contributed by atoms with Crippen molar-refractivity contribution >= 4 is 6.09 Å². The van der Waals surface area contributed by atoms with Crippen molar-refractivity contribution in [1.29, 1.82) is 0 Å². The molecule has 0 bridgehead atoms. The molecule has 0 unspecified atom stereocenters. The number of nitrogens with zero attached hydrogens (tertiary/aromatic N) is 1. The molecule has 17 heavy (non-hydrogen) atoms. The van der Waals surface area contributed by atoms with E-state index in [2.05, 4.69) is 0 Å². The Morgan fingerprint density at radius 3 is 2.35 bits per heavy atom. The Morgan fingerprint density at radius 1 is 1.29 bits per heavy atom. The van der Waals surface area contributed by atoms with Crippen molar-refractivity contribution in [3.05, 3.63) is 35.4 Å². The minimum Gasteiger partial charge on any atom is -0.465 e. The van der Waals surface area contributed by atoms with Crippen LogP contribution in [0.15, 0.2) is 24.3 Å². The highest BCUT2D eigenvalue weighted by molar-refractivity contribution is 5.66. The third kappa shape index (κ3) is 3.75. The number of carbonyl (C=O) groups is 1. The van der Waals surface area contributed by atoms with Crippen LogP contribution < -0.4 is 0 Å². The Morgan fingerprint density at radius 2 is 1.88 bits per heavy atom. The molecule has 0 aromatic heterocycles.